The van der Waals surface area contributed by atoms with Crippen LogP contribution in [0.5, 0.6) is 0 Å². The number of hydrogen-bond acceptors (Lipinski definition) is 6. The first kappa shape index (κ1) is 35.0. The van der Waals surface area contributed by atoms with Gasteiger partial charge < -0.3 is 14.2 Å². The lowest BCUT2D eigenvalue weighted by molar-refractivity contribution is -0.174. The molecule has 216 valence electrons. The van der Waals surface area contributed by atoms with Gasteiger partial charge in [0, 0.05) is 5.57 Å². The third-order valence-corrected chi connectivity index (χ3v) is 6.78. The molecule has 0 aromatic carbocycles. The predicted molar refractivity (Wildman–Crippen MR) is 142 cm³/mol. The smallest absolute Gasteiger partial charge is 0.343 e. The van der Waals surface area contributed by atoms with Crippen molar-refractivity contribution in [1.82, 2.24) is 0 Å². The Morgan fingerprint density at radius 1 is 0.649 bits per heavy atom. The quantitative estimate of drug-likeness (QED) is 0.0872. The molecular formula is C29H50F2O6. The van der Waals surface area contributed by atoms with E-state index >= 15 is 8.78 Å². The highest BCUT2D eigenvalue weighted by Gasteiger charge is 2.44. The summed E-state index contributed by atoms with van der Waals surface area (Å²) in [6.07, 6.45) is 4.74. The molecule has 0 spiro atoms. The van der Waals surface area contributed by atoms with Crippen LogP contribution in [0.1, 0.15) is 119 Å². The number of alkyl halides is 2. The van der Waals surface area contributed by atoms with Gasteiger partial charge in [-0.3, -0.25) is 0 Å². The fraction of sp³-hybridized carbons (Fsp3) is 0.828. The lowest BCUT2D eigenvalue weighted by atomic mass is 9.87. The normalized spacial score (nSPS) is 14.8. The molecule has 2 unspecified atom stereocenters. The molecule has 0 aromatic rings. The summed E-state index contributed by atoms with van der Waals surface area (Å²) in [5.74, 6) is -2.61. The molecule has 2 atom stereocenters. The number of carbonyl (C=O) groups excluding carboxylic acids is 3. The first-order valence-electron chi connectivity index (χ1n) is 13.9. The third kappa shape index (κ3) is 11.9. The van der Waals surface area contributed by atoms with E-state index in [9.17, 15) is 14.4 Å². The molecule has 0 amide bonds. The molecular weight excluding hydrogens is 482 g/mol. The fourth-order valence-corrected chi connectivity index (χ4v) is 3.89. The standard InChI is InChI=1S/C29H50F2O6/c1-8-13-17-28(30,16-11-4)25(33)36-21-27(12-5,20-35-24(32)23(6)7)22-37-26(34)29(31,18-14-9-2)19-15-10-3/h6,8-22H2,1-5,7H3. The Balaban J connectivity index is 5.77. The molecule has 0 aliphatic rings. The topological polar surface area (TPSA) is 78.9 Å². The average molecular weight is 533 g/mol. The highest BCUT2D eigenvalue weighted by molar-refractivity contribution is 5.87. The molecule has 0 aliphatic heterocycles. The average Bonchev–Trinajstić information content (AvgIpc) is 2.88. The summed E-state index contributed by atoms with van der Waals surface area (Å²) in [6, 6.07) is 0. The van der Waals surface area contributed by atoms with Crippen LogP contribution in [0, 0.1) is 5.41 Å². The van der Waals surface area contributed by atoms with E-state index in [1.54, 1.807) is 13.8 Å². The first-order chi connectivity index (χ1) is 17.4. The Labute approximate surface area is 222 Å². The second-order valence-corrected chi connectivity index (χ2v) is 10.4. The molecule has 0 saturated heterocycles. The maximum Gasteiger partial charge on any atom is 0.343 e. The molecule has 6 nitrogen and oxygen atoms in total. The lowest BCUT2D eigenvalue weighted by Crippen LogP contribution is -2.44. The summed E-state index contributed by atoms with van der Waals surface area (Å²) in [5.41, 5.74) is -5.23. The minimum absolute atomic E-state index is 0.0316. The van der Waals surface area contributed by atoms with Crippen LogP contribution in [0.4, 0.5) is 8.78 Å². The van der Waals surface area contributed by atoms with Crippen molar-refractivity contribution in [1.29, 1.82) is 0 Å². The van der Waals surface area contributed by atoms with Gasteiger partial charge in [-0.15, -0.1) is 0 Å². The summed E-state index contributed by atoms with van der Waals surface area (Å²) in [4.78, 5) is 37.8. The molecule has 0 bridgehead atoms. The van der Waals surface area contributed by atoms with E-state index in [0.717, 1.165) is 19.3 Å². The highest BCUT2D eigenvalue weighted by Crippen LogP contribution is 2.32. The molecule has 0 rings (SSSR count). The van der Waals surface area contributed by atoms with Crippen LogP contribution in [0.2, 0.25) is 0 Å². The van der Waals surface area contributed by atoms with Crippen molar-refractivity contribution in [3.63, 3.8) is 0 Å². The fourth-order valence-electron chi connectivity index (χ4n) is 3.89. The SMILES string of the molecule is C=C(C)C(=O)OCC(CC)(COC(=O)C(F)(CCC)CCCC)COC(=O)C(F)(CCCC)CCCC. The van der Waals surface area contributed by atoms with Crippen molar-refractivity contribution < 1.29 is 37.4 Å². The van der Waals surface area contributed by atoms with Gasteiger partial charge in [-0.2, -0.15) is 0 Å². The Bertz CT molecular complexity index is 717. The van der Waals surface area contributed by atoms with Crippen molar-refractivity contribution in [2.45, 2.75) is 130 Å². The third-order valence-electron chi connectivity index (χ3n) is 6.78. The Morgan fingerprint density at radius 2 is 1.03 bits per heavy atom. The highest BCUT2D eigenvalue weighted by atomic mass is 19.1. The lowest BCUT2D eigenvalue weighted by Gasteiger charge is -2.33. The first-order valence-corrected chi connectivity index (χ1v) is 13.9. The van der Waals surface area contributed by atoms with Crippen LogP contribution in [-0.2, 0) is 28.6 Å². The summed E-state index contributed by atoms with van der Waals surface area (Å²) in [6.45, 7) is 13.4. The maximum atomic E-state index is 15.6. The maximum absolute atomic E-state index is 15.6. The number of hydrogen-bond donors (Lipinski definition) is 0. The van der Waals surface area contributed by atoms with Gasteiger partial charge in [-0.1, -0.05) is 66.9 Å². The van der Waals surface area contributed by atoms with E-state index < -0.39 is 34.7 Å². The second kappa shape index (κ2) is 17.5. The van der Waals surface area contributed by atoms with E-state index in [4.69, 9.17) is 14.2 Å². The Morgan fingerprint density at radius 3 is 1.35 bits per heavy atom. The van der Waals surface area contributed by atoms with E-state index in [1.165, 1.54) is 6.92 Å². The second-order valence-electron chi connectivity index (χ2n) is 10.4. The van der Waals surface area contributed by atoms with E-state index in [1.807, 2.05) is 20.8 Å². The van der Waals surface area contributed by atoms with Crippen LogP contribution in [0.3, 0.4) is 0 Å². The number of unbranched alkanes of at least 4 members (excludes halogenated alkanes) is 3. The molecule has 0 aromatic heterocycles. The largest absolute Gasteiger partial charge is 0.462 e. The van der Waals surface area contributed by atoms with Crippen molar-refractivity contribution in [3.05, 3.63) is 12.2 Å². The monoisotopic (exact) mass is 532 g/mol. The number of halogens is 2. The number of esters is 3. The Kier molecular flexibility index (Phi) is 16.6. The summed E-state index contributed by atoms with van der Waals surface area (Å²) < 4.78 is 47.3. The molecule has 0 fully saturated rings. The van der Waals surface area contributed by atoms with E-state index in [2.05, 4.69) is 6.58 Å². The van der Waals surface area contributed by atoms with Crippen LogP contribution < -0.4 is 0 Å². The van der Waals surface area contributed by atoms with Gasteiger partial charge in [-0.05, 0) is 58.3 Å². The van der Waals surface area contributed by atoms with Gasteiger partial charge in [0.15, 0.2) is 0 Å². The zero-order chi connectivity index (χ0) is 28.5. The minimum atomic E-state index is -2.12. The van der Waals surface area contributed by atoms with Crippen molar-refractivity contribution >= 4 is 17.9 Å². The van der Waals surface area contributed by atoms with Gasteiger partial charge in [-0.25, -0.2) is 23.2 Å². The zero-order valence-corrected chi connectivity index (χ0v) is 24.0. The van der Waals surface area contributed by atoms with Crippen molar-refractivity contribution in [2.24, 2.45) is 5.41 Å². The molecule has 0 saturated carbocycles. The van der Waals surface area contributed by atoms with E-state index in [0.29, 0.717) is 25.7 Å². The Hall–Kier alpha value is -1.99. The number of rotatable bonds is 21. The van der Waals surface area contributed by atoms with Crippen LogP contribution in [-0.4, -0.2) is 49.1 Å². The predicted octanol–water partition coefficient (Wildman–Crippen LogP) is 7.38. The van der Waals surface area contributed by atoms with Gasteiger partial charge in [0.2, 0.25) is 11.3 Å². The molecule has 0 heterocycles. The van der Waals surface area contributed by atoms with Gasteiger partial charge in [0.25, 0.3) is 0 Å². The molecule has 37 heavy (non-hydrogen) atoms. The van der Waals surface area contributed by atoms with Crippen LogP contribution in [0.15, 0.2) is 12.2 Å². The van der Waals surface area contributed by atoms with Crippen LogP contribution >= 0.6 is 0 Å². The number of carbonyl (C=O) groups is 3. The molecule has 0 aliphatic carbocycles. The van der Waals surface area contributed by atoms with E-state index in [-0.39, 0.29) is 57.5 Å². The molecule has 0 N–H and O–H groups in total. The van der Waals surface area contributed by atoms with Gasteiger partial charge >= 0.3 is 17.9 Å². The van der Waals surface area contributed by atoms with Crippen molar-refractivity contribution in [3.8, 4) is 0 Å². The summed E-state index contributed by atoms with van der Waals surface area (Å²) in [7, 11) is 0. The van der Waals surface area contributed by atoms with Gasteiger partial charge in [0.05, 0.1) is 5.41 Å². The minimum Gasteiger partial charge on any atom is -0.462 e. The summed E-state index contributed by atoms with van der Waals surface area (Å²) in [5, 5.41) is 0. The molecule has 0 radical (unpaired) electrons. The van der Waals surface area contributed by atoms with Crippen LogP contribution in [0.25, 0.3) is 0 Å². The summed E-state index contributed by atoms with van der Waals surface area (Å²) >= 11 is 0. The van der Waals surface area contributed by atoms with Crippen molar-refractivity contribution in [2.75, 3.05) is 19.8 Å². The zero-order valence-electron chi connectivity index (χ0n) is 24.0. The van der Waals surface area contributed by atoms with Gasteiger partial charge in [0.1, 0.15) is 19.8 Å². The molecule has 8 heteroatoms. The number of ether oxygens (including phenoxy) is 3.